The van der Waals surface area contributed by atoms with E-state index in [0.717, 1.165) is 0 Å². The van der Waals surface area contributed by atoms with Crippen molar-refractivity contribution >= 4 is 5.97 Å². The van der Waals surface area contributed by atoms with Gasteiger partial charge in [-0.1, -0.05) is 0 Å². The maximum Gasteiger partial charge on any atom is 0.315 e. The van der Waals surface area contributed by atoms with Gasteiger partial charge in [-0.05, 0) is 32.9 Å². The number of hydrogen-bond acceptors (Lipinski definition) is 2. The van der Waals surface area contributed by atoms with Gasteiger partial charge in [-0.25, -0.2) is 0 Å². The minimum absolute atomic E-state index is 0.244. The van der Waals surface area contributed by atoms with Crippen LogP contribution < -0.4 is 0 Å². The van der Waals surface area contributed by atoms with Gasteiger partial charge in [0, 0.05) is 0 Å². The van der Waals surface area contributed by atoms with Crippen LogP contribution in [0, 0.1) is 5.41 Å². The zero-order valence-corrected chi connectivity index (χ0v) is 7.47. The third-order valence-corrected chi connectivity index (χ3v) is 1.32. The van der Waals surface area contributed by atoms with Crippen molar-refractivity contribution in [2.45, 2.75) is 20.8 Å². The van der Waals surface area contributed by atoms with Gasteiger partial charge in [0.1, 0.15) is 0 Å². The van der Waals surface area contributed by atoms with E-state index in [1.165, 1.54) is 7.11 Å². The predicted octanol–water partition coefficient (Wildman–Crippen LogP) is 1.92. The van der Waals surface area contributed by atoms with Gasteiger partial charge in [0.05, 0.1) is 12.5 Å². The van der Waals surface area contributed by atoms with Gasteiger partial charge >= 0.3 is 5.97 Å². The molecule has 0 aromatic heterocycles. The zero-order valence-electron chi connectivity index (χ0n) is 7.47. The first kappa shape index (κ1) is 9.99. The zero-order chi connectivity index (χ0) is 8.91. The summed E-state index contributed by atoms with van der Waals surface area (Å²) in [4.78, 5) is 11.0. The molecule has 0 spiro atoms. The molecule has 0 bridgehead atoms. The molecule has 62 valence electrons. The number of carbonyl (C=O) groups excluding carboxylic acids is 1. The Morgan fingerprint density at radius 3 is 2.45 bits per heavy atom. The summed E-state index contributed by atoms with van der Waals surface area (Å²) in [5.41, 5.74) is 2.28. The average Bonchev–Trinajstić information content (AvgIpc) is 1.99. The van der Waals surface area contributed by atoms with E-state index >= 15 is 0 Å². The molecule has 0 saturated carbocycles. The van der Waals surface area contributed by atoms with Crippen molar-refractivity contribution < 1.29 is 9.53 Å². The summed E-state index contributed by atoms with van der Waals surface area (Å²) in [5, 5.41) is 0. The van der Waals surface area contributed by atoms with Gasteiger partial charge in [-0.3, -0.25) is 4.79 Å². The van der Waals surface area contributed by atoms with Crippen LogP contribution in [0.1, 0.15) is 20.8 Å². The van der Waals surface area contributed by atoms with Crippen molar-refractivity contribution in [2.24, 2.45) is 5.41 Å². The highest BCUT2D eigenvalue weighted by Gasteiger charge is 2.24. The first-order chi connectivity index (χ1) is 5.04. The monoisotopic (exact) mass is 154 g/mol. The molecule has 0 radical (unpaired) electrons. The fourth-order valence-electron chi connectivity index (χ4n) is 0.614. The highest BCUT2D eigenvalue weighted by molar-refractivity contribution is 5.77. The molecule has 2 heteroatoms. The summed E-state index contributed by atoms with van der Waals surface area (Å²) in [6.45, 7) is 5.43. The molecule has 0 aliphatic heterocycles. The van der Waals surface area contributed by atoms with E-state index in [1.54, 1.807) is 26.0 Å². The first-order valence-electron chi connectivity index (χ1n) is 3.51. The molecule has 0 N–H and O–H groups in total. The van der Waals surface area contributed by atoms with E-state index in [1.807, 2.05) is 6.92 Å². The molecule has 0 aromatic carbocycles. The number of carbonyl (C=O) groups is 1. The highest BCUT2D eigenvalue weighted by Crippen LogP contribution is 2.17. The summed E-state index contributed by atoms with van der Waals surface area (Å²) in [7, 11) is 1.38. The average molecular weight is 154 g/mol. The van der Waals surface area contributed by atoms with Crippen molar-refractivity contribution in [1.82, 2.24) is 0 Å². The van der Waals surface area contributed by atoms with E-state index in [-0.39, 0.29) is 5.97 Å². The molecular formula is C9H14O2. The van der Waals surface area contributed by atoms with E-state index < -0.39 is 5.41 Å². The van der Waals surface area contributed by atoms with Crippen LogP contribution in [0.3, 0.4) is 0 Å². The molecule has 2 nitrogen and oxygen atoms in total. The second-order valence-electron chi connectivity index (χ2n) is 2.81. The molecule has 0 fully saturated rings. The van der Waals surface area contributed by atoms with Crippen molar-refractivity contribution in [2.75, 3.05) is 7.11 Å². The molecule has 11 heavy (non-hydrogen) atoms. The fourth-order valence-corrected chi connectivity index (χ4v) is 0.614. The lowest BCUT2D eigenvalue weighted by Gasteiger charge is -2.14. The largest absolute Gasteiger partial charge is 0.468 e. The second kappa shape index (κ2) is 3.99. The summed E-state index contributed by atoms with van der Waals surface area (Å²) >= 11 is 0. The van der Waals surface area contributed by atoms with Gasteiger partial charge in [0.2, 0.25) is 0 Å². The van der Waals surface area contributed by atoms with Crippen LogP contribution >= 0.6 is 0 Å². The SMILES string of the molecule is CC=C=CC(C)(C)C(=O)OC. The smallest absolute Gasteiger partial charge is 0.315 e. The third kappa shape index (κ3) is 3.06. The molecule has 0 rings (SSSR count). The Kier molecular flexibility index (Phi) is 3.63. The number of methoxy groups -OCH3 is 1. The third-order valence-electron chi connectivity index (χ3n) is 1.32. The Morgan fingerprint density at radius 2 is 2.09 bits per heavy atom. The molecule has 0 unspecified atom stereocenters. The minimum atomic E-state index is -0.568. The summed E-state index contributed by atoms with van der Waals surface area (Å²) in [6, 6.07) is 0. The van der Waals surface area contributed by atoms with Gasteiger partial charge < -0.3 is 4.74 Å². The first-order valence-corrected chi connectivity index (χ1v) is 3.51. The van der Waals surface area contributed by atoms with Gasteiger partial charge in [0.25, 0.3) is 0 Å². The van der Waals surface area contributed by atoms with E-state index in [4.69, 9.17) is 0 Å². The molecule has 0 atom stereocenters. The van der Waals surface area contributed by atoms with E-state index in [9.17, 15) is 4.79 Å². The molecular weight excluding hydrogens is 140 g/mol. The van der Waals surface area contributed by atoms with Crippen LogP contribution in [0.15, 0.2) is 17.9 Å². The lowest BCUT2D eigenvalue weighted by molar-refractivity contribution is -0.148. The van der Waals surface area contributed by atoms with Crippen molar-refractivity contribution in [3.8, 4) is 0 Å². The van der Waals surface area contributed by atoms with Crippen molar-refractivity contribution in [1.29, 1.82) is 0 Å². The Morgan fingerprint density at radius 1 is 1.55 bits per heavy atom. The van der Waals surface area contributed by atoms with Gasteiger partial charge in [-0.2, -0.15) is 0 Å². The fraction of sp³-hybridized carbons (Fsp3) is 0.556. The number of hydrogen-bond donors (Lipinski definition) is 0. The molecule has 0 aliphatic rings. The second-order valence-corrected chi connectivity index (χ2v) is 2.81. The lowest BCUT2D eigenvalue weighted by Crippen LogP contribution is -2.22. The van der Waals surface area contributed by atoms with Crippen LogP contribution in [0.2, 0.25) is 0 Å². The summed E-state index contributed by atoms with van der Waals surface area (Å²) in [6.07, 6.45) is 3.45. The molecule has 0 saturated heterocycles. The normalized spacial score (nSPS) is 9.82. The highest BCUT2D eigenvalue weighted by atomic mass is 16.5. The van der Waals surface area contributed by atoms with Crippen LogP contribution in [0.5, 0.6) is 0 Å². The van der Waals surface area contributed by atoms with Crippen LogP contribution in [0.4, 0.5) is 0 Å². The Bertz CT molecular complexity index is 192. The van der Waals surface area contributed by atoms with Crippen LogP contribution in [-0.2, 0) is 9.53 Å². The standard InChI is InChI=1S/C9H14O2/c1-5-6-7-9(2,3)8(10)11-4/h5,7H,1-4H3. The van der Waals surface area contributed by atoms with Crippen molar-refractivity contribution in [3.63, 3.8) is 0 Å². The van der Waals surface area contributed by atoms with Crippen LogP contribution in [-0.4, -0.2) is 13.1 Å². The molecule has 0 aliphatic carbocycles. The predicted molar refractivity (Wildman–Crippen MR) is 44.1 cm³/mol. The van der Waals surface area contributed by atoms with Gasteiger partial charge in [0.15, 0.2) is 0 Å². The van der Waals surface area contributed by atoms with E-state index in [0.29, 0.717) is 0 Å². The Balaban J connectivity index is 4.46. The summed E-state index contributed by atoms with van der Waals surface area (Å²) in [5.74, 6) is -0.244. The number of ether oxygens (including phenoxy) is 1. The Labute approximate surface area is 67.6 Å². The summed E-state index contributed by atoms with van der Waals surface area (Å²) < 4.78 is 4.59. The minimum Gasteiger partial charge on any atom is -0.468 e. The lowest BCUT2D eigenvalue weighted by atomic mass is 9.94. The maximum atomic E-state index is 11.0. The van der Waals surface area contributed by atoms with E-state index in [2.05, 4.69) is 10.5 Å². The topological polar surface area (TPSA) is 26.3 Å². The quantitative estimate of drug-likeness (QED) is 0.448. The van der Waals surface area contributed by atoms with Crippen LogP contribution in [0.25, 0.3) is 0 Å². The Hall–Kier alpha value is -1.01. The molecule has 0 heterocycles. The number of esters is 1. The maximum absolute atomic E-state index is 11.0. The molecule has 0 aromatic rings. The van der Waals surface area contributed by atoms with Crippen molar-refractivity contribution in [3.05, 3.63) is 17.9 Å². The van der Waals surface area contributed by atoms with Gasteiger partial charge in [-0.15, -0.1) is 5.73 Å². The molecule has 0 amide bonds. The number of rotatable bonds is 2.